The number of hydrogen-bond donors (Lipinski definition) is 1. The molecule has 0 aliphatic carbocycles. The zero-order valence-corrected chi connectivity index (χ0v) is 14.2. The van der Waals surface area contributed by atoms with Gasteiger partial charge in [-0.05, 0) is 36.4 Å². The van der Waals surface area contributed by atoms with E-state index in [9.17, 15) is 18.8 Å². The minimum Gasteiger partial charge on any atom is -0.276 e. The normalized spacial score (nSPS) is 17.9. The van der Waals surface area contributed by atoms with Crippen molar-refractivity contribution in [3.63, 3.8) is 0 Å². The van der Waals surface area contributed by atoms with Crippen LogP contribution in [0.3, 0.4) is 0 Å². The smallest absolute Gasteiger partial charge is 0.276 e. The fourth-order valence-electron chi connectivity index (χ4n) is 2.27. The molecule has 25 heavy (non-hydrogen) atoms. The number of carbonyl (C=O) groups is 3. The molecule has 0 unspecified atom stereocenters. The second-order valence-electron chi connectivity index (χ2n) is 5.15. The summed E-state index contributed by atoms with van der Waals surface area (Å²) < 4.78 is 14.8. The van der Waals surface area contributed by atoms with Crippen LogP contribution in [0, 0.1) is 11.7 Å². The first-order valence-electron chi connectivity index (χ1n) is 7.20. The number of rotatable bonds is 3. The molecule has 1 atom stereocenters. The molecule has 1 fully saturated rings. The second kappa shape index (κ2) is 6.94. The third-order valence-corrected chi connectivity index (χ3v) is 4.02. The predicted molar refractivity (Wildman–Crippen MR) is 93.2 cm³/mol. The molecule has 1 saturated heterocycles. The Hall–Kier alpha value is -2.87. The van der Waals surface area contributed by atoms with Crippen molar-refractivity contribution in [2.45, 2.75) is 0 Å². The monoisotopic (exact) mass is 403 g/mol. The lowest BCUT2D eigenvalue weighted by Gasteiger charge is -2.28. The molecular weight excluding hydrogens is 393 g/mol. The number of barbiturate groups is 1. The first-order chi connectivity index (χ1) is 12.0. The molecule has 4 amide bonds. The van der Waals surface area contributed by atoms with Crippen molar-refractivity contribution in [1.82, 2.24) is 5.32 Å². The molecule has 6 nitrogen and oxygen atoms in total. The van der Waals surface area contributed by atoms with Crippen LogP contribution >= 0.6 is 15.9 Å². The number of carbonyl (C=O) groups excluding carboxylic acids is 3. The minimum atomic E-state index is -1.33. The van der Waals surface area contributed by atoms with Gasteiger partial charge in [-0.25, -0.2) is 14.1 Å². The Balaban J connectivity index is 1.90. The van der Waals surface area contributed by atoms with Gasteiger partial charge in [0.05, 0.1) is 11.4 Å². The summed E-state index contributed by atoms with van der Waals surface area (Å²) in [5.74, 6) is -3.74. The number of hydrogen-bond acceptors (Lipinski definition) is 4. The van der Waals surface area contributed by atoms with E-state index in [0.29, 0.717) is 10.6 Å². The number of benzene rings is 2. The van der Waals surface area contributed by atoms with Crippen molar-refractivity contribution in [2.24, 2.45) is 10.9 Å². The molecule has 1 N–H and O–H groups in total. The van der Waals surface area contributed by atoms with E-state index in [1.807, 2.05) is 5.32 Å². The van der Waals surface area contributed by atoms with Gasteiger partial charge in [-0.2, -0.15) is 0 Å². The number of urea groups is 1. The SMILES string of the molecule is O=C1NC(=O)N(c2ccccc2F)C(=O)[C@@H]1C=Nc1ccc(Br)cc1. The maximum atomic E-state index is 13.9. The summed E-state index contributed by atoms with van der Waals surface area (Å²) in [5.41, 5.74) is 0.303. The van der Waals surface area contributed by atoms with Gasteiger partial charge in [0.1, 0.15) is 5.82 Å². The molecule has 1 aliphatic heterocycles. The summed E-state index contributed by atoms with van der Waals surface area (Å²) in [6.07, 6.45) is 1.14. The average molecular weight is 404 g/mol. The van der Waals surface area contributed by atoms with Crippen molar-refractivity contribution >= 4 is 51.4 Å². The number of nitrogens with zero attached hydrogens (tertiary/aromatic N) is 2. The molecule has 0 saturated carbocycles. The summed E-state index contributed by atoms with van der Waals surface area (Å²) >= 11 is 3.29. The van der Waals surface area contributed by atoms with Crippen LogP contribution in [0.25, 0.3) is 0 Å². The standard InChI is InChI=1S/C17H11BrFN3O3/c18-10-5-7-11(8-6-10)20-9-12-15(23)21-17(25)22(16(12)24)14-4-2-1-3-13(14)19/h1-9,12H,(H,21,23,25)/t12-/m1/s1. The van der Waals surface area contributed by atoms with Crippen molar-refractivity contribution < 1.29 is 18.8 Å². The maximum Gasteiger partial charge on any atom is 0.335 e. The number of amides is 4. The highest BCUT2D eigenvalue weighted by Crippen LogP contribution is 2.24. The lowest BCUT2D eigenvalue weighted by atomic mass is 10.1. The maximum absolute atomic E-state index is 13.9. The molecule has 0 bridgehead atoms. The Bertz CT molecular complexity index is 883. The highest BCUT2D eigenvalue weighted by Gasteiger charge is 2.41. The van der Waals surface area contributed by atoms with E-state index in [1.165, 1.54) is 18.2 Å². The number of aliphatic imine (C=N–C) groups is 1. The van der Waals surface area contributed by atoms with Gasteiger partial charge in [0.2, 0.25) is 5.91 Å². The molecule has 3 rings (SSSR count). The van der Waals surface area contributed by atoms with Crippen LogP contribution in [0.5, 0.6) is 0 Å². The topological polar surface area (TPSA) is 78.8 Å². The Labute approximate surface area is 150 Å². The highest BCUT2D eigenvalue weighted by molar-refractivity contribution is 9.10. The van der Waals surface area contributed by atoms with Gasteiger partial charge in [0, 0.05) is 10.7 Å². The minimum absolute atomic E-state index is 0.223. The fourth-order valence-corrected chi connectivity index (χ4v) is 2.54. The zero-order valence-electron chi connectivity index (χ0n) is 12.6. The quantitative estimate of drug-likeness (QED) is 0.631. The van der Waals surface area contributed by atoms with E-state index in [2.05, 4.69) is 20.9 Å². The highest BCUT2D eigenvalue weighted by atomic mass is 79.9. The van der Waals surface area contributed by atoms with Crippen LogP contribution in [-0.2, 0) is 9.59 Å². The third kappa shape index (κ3) is 3.48. The third-order valence-electron chi connectivity index (χ3n) is 3.49. The van der Waals surface area contributed by atoms with Crippen LogP contribution in [0.15, 0.2) is 58.0 Å². The van der Waals surface area contributed by atoms with E-state index in [1.54, 1.807) is 24.3 Å². The van der Waals surface area contributed by atoms with Crippen LogP contribution in [-0.4, -0.2) is 24.1 Å². The first-order valence-corrected chi connectivity index (χ1v) is 8.00. The van der Waals surface area contributed by atoms with Crippen LogP contribution in [0.1, 0.15) is 0 Å². The second-order valence-corrected chi connectivity index (χ2v) is 6.07. The summed E-state index contributed by atoms with van der Waals surface area (Å²) in [7, 11) is 0. The van der Waals surface area contributed by atoms with Crippen LogP contribution in [0.2, 0.25) is 0 Å². The summed E-state index contributed by atoms with van der Waals surface area (Å²) in [4.78, 5) is 41.2. The van der Waals surface area contributed by atoms with Gasteiger partial charge in [-0.15, -0.1) is 0 Å². The van der Waals surface area contributed by atoms with Gasteiger partial charge >= 0.3 is 6.03 Å². The Morgan fingerprint density at radius 2 is 1.76 bits per heavy atom. The Morgan fingerprint density at radius 3 is 2.44 bits per heavy atom. The van der Waals surface area contributed by atoms with E-state index < -0.39 is 29.6 Å². The van der Waals surface area contributed by atoms with Gasteiger partial charge in [0.15, 0.2) is 5.92 Å². The summed E-state index contributed by atoms with van der Waals surface area (Å²) in [6, 6.07) is 11.2. The lowest BCUT2D eigenvalue weighted by Crippen LogP contribution is -2.58. The Morgan fingerprint density at radius 1 is 1.08 bits per heavy atom. The molecule has 2 aromatic carbocycles. The molecule has 0 radical (unpaired) electrons. The fraction of sp³-hybridized carbons (Fsp3) is 0.0588. The largest absolute Gasteiger partial charge is 0.335 e. The molecule has 1 heterocycles. The number of para-hydroxylation sites is 1. The molecule has 2 aromatic rings. The van der Waals surface area contributed by atoms with Crippen molar-refractivity contribution in [1.29, 1.82) is 0 Å². The van der Waals surface area contributed by atoms with E-state index >= 15 is 0 Å². The van der Waals surface area contributed by atoms with Crippen molar-refractivity contribution in [2.75, 3.05) is 4.90 Å². The van der Waals surface area contributed by atoms with Crippen molar-refractivity contribution in [3.05, 3.63) is 58.8 Å². The lowest BCUT2D eigenvalue weighted by molar-refractivity contribution is -0.131. The summed E-state index contributed by atoms with van der Waals surface area (Å²) in [5, 5.41) is 2.04. The van der Waals surface area contributed by atoms with Gasteiger partial charge in [-0.3, -0.25) is 19.9 Å². The predicted octanol–water partition coefficient (Wildman–Crippen LogP) is 3.19. The first kappa shape index (κ1) is 17.0. The van der Waals surface area contributed by atoms with Gasteiger partial charge in [-0.1, -0.05) is 28.1 Å². The average Bonchev–Trinajstić information content (AvgIpc) is 2.57. The molecule has 8 heteroatoms. The molecule has 0 aromatic heterocycles. The molecule has 0 spiro atoms. The number of nitrogens with one attached hydrogen (secondary N) is 1. The van der Waals surface area contributed by atoms with E-state index in [4.69, 9.17) is 0 Å². The van der Waals surface area contributed by atoms with Crippen molar-refractivity contribution in [3.8, 4) is 0 Å². The number of anilines is 1. The Kier molecular flexibility index (Phi) is 4.71. The van der Waals surface area contributed by atoms with Crippen LogP contribution in [0.4, 0.5) is 20.6 Å². The summed E-state index contributed by atoms with van der Waals surface area (Å²) in [6.45, 7) is 0. The van der Waals surface area contributed by atoms with Crippen LogP contribution < -0.4 is 10.2 Å². The molecule has 1 aliphatic rings. The van der Waals surface area contributed by atoms with E-state index in [-0.39, 0.29) is 5.69 Å². The molecular formula is C17H11BrFN3O3. The number of halogens is 2. The van der Waals surface area contributed by atoms with E-state index in [0.717, 1.165) is 16.8 Å². The zero-order chi connectivity index (χ0) is 18.0. The number of imide groups is 2. The molecule has 126 valence electrons. The van der Waals surface area contributed by atoms with Gasteiger partial charge < -0.3 is 0 Å². The van der Waals surface area contributed by atoms with Gasteiger partial charge in [0.25, 0.3) is 5.91 Å².